The van der Waals surface area contributed by atoms with Crippen molar-refractivity contribution in [3.05, 3.63) is 36.0 Å². The van der Waals surface area contributed by atoms with Crippen LogP contribution in [0.2, 0.25) is 0 Å². The summed E-state index contributed by atoms with van der Waals surface area (Å²) in [7, 11) is 0. The Morgan fingerprint density at radius 3 is 3.08 bits per heavy atom. The lowest BCUT2D eigenvalue weighted by atomic mass is 10.4. The molecule has 2 aromatic heterocycles. The van der Waals surface area contributed by atoms with Crippen molar-refractivity contribution in [1.82, 2.24) is 9.38 Å². The fraction of sp³-hybridized carbons (Fsp3) is 0. The van der Waals surface area contributed by atoms with E-state index >= 15 is 0 Å². The molecule has 0 bridgehead atoms. The average molecular weight is 164 g/mol. The minimum Gasteiger partial charge on any atom is -0.296 e. The van der Waals surface area contributed by atoms with Crippen LogP contribution < -0.4 is 0 Å². The molecule has 0 atom stereocenters. The average Bonchev–Trinajstić information content (AvgIpc) is 2.49. The number of halogens is 1. The molecule has 0 fully saturated rings. The topological polar surface area (TPSA) is 34.4 Å². The van der Waals surface area contributed by atoms with Crippen molar-refractivity contribution in [1.29, 1.82) is 0 Å². The van der Waals surface area contributed by atoms with Gasteiger partial charge in [0.1, 0.15) is 11.3 Å². The lowest BCUT2D eigenvalue weighted by molar-refractivity contribution is 0.111. The van der Waals surface area contributed by atoms with Crippen LogP contribution >= 0.6 is 0 Å². The standard InChI is InChI=1S/C8H5FN2O/c9-7-2-1-3-8-10-4-6(5-12)11(7)8/h1-5H. The maximum Gasteiger partial charge on any atom is 0.199 e. The summed E-state index contributed by atoms with van der Waals surface area (Å²) in [6.45, 7) is 0. The predicted molar refractivity (Wildman–Crippen MR) is 40.5 cm³/mol. The molecule has 60 valence electrons. The van der Waals surface area contributed by atoms with Crippen molar-refractivity contribution >= 4 is 11.9 Å². The number of hydrogen-bond acceptors (Lipinski definition) is 2. The molecule has 12 heavy (non-hydrogen) atoms. The van der Waals surface area contributed by atoms with Crippen LogP contribution in [-0.4, -0.2) is 15.7 Å². The van der Waals surface area contributed by atoms with E-state index in [1.54, 1.807) is 12.1 Å². The molecule has 0 aliphatic carbocycles. The van der Waals surface area contributed by atoms with Gasteiger partial charge in [0.25, 0.3) is 0 Å². The van der Waals surface area contributed by atoms with Crippen LogP contribution in [0.25, 0.3) is 5.65 Å². The number of pyridine rings is 1. The Morgan fingerprint density at radius 2 is 2.33 bits per heavy atom. The minimum atomic E-state index is -0.480. The summed E-state index contributed by atoms with van der Waals surface area (Å²) in [6.07, 6.45) is 1.91. The van der Waals surface area contributed by atoms with E-state index in [4.69, 9.17) is 0 Å². The second-order valence-corrected chi connectivity index (χ2v) is 2.34. The van der Waals surface area contributed by atoms with Crippen molar-refractivity contribution in [3.63, 3.8) is 0 Å². The monoisotopic (exact) mass is 164 g/mol. The summed E-state index contributed by atoms with van der Waals surface area (Å²) in [6, 6.07) is 4.46. The van der Waals surface area contributed by atoms with Gasteiger partial charge in [-0.3, -0.25) is 9.20 Å². The summed E-state index contributed by atoms with van der Waals surface area (Å²) in [5.74, 6) is -0.480. The molecule has 2 rings (SSSR count). The Labute approximate surface area is 67.5 Å². The third-order valence-electron chi connectivity index (χ3n) is 1.63. The molecule has 2 aromatic rings. The number of carbonyl (C=O) groups excluding carboxylic acids is 1. The maximum absolute atomic E-state index is 13.0. The fourth-order valence-corrected chi connectivity index (χ4v) is 1.10. The van der Waals surface area contributed by atoms with Crippen LogP contribution in [0.15, 0.2) is 24.4 Å². The van der Waals surface area contributed by atoms with Gasteiger partial charge in [-0.25, -0.2) is 4.98 Å². The number of imidazole rings is 1. The molecule has 0 aromatic carbocycles. The number of fused-ring (bicyclic) bond motifs is 1. The largest absolute Gasteiger partial charge is 0.296 e. The van der Waals surface area contributed by atoms with Crippen LogP contribution in [-0.2, 0) is 0 Å². The molecule has 0 spiro atoms. The Kier molecular flexibility index (Phi) is 1.40. The number of rotatable bonds is 1. The fourth-order valence-electron chi connectivity index (χ4n) is 1.10. The normalized spacial score (nSPS) is 10.4. The second-order valence-electron chi connectivity index (χ2n) is 2.34. The van der Waals surface area contributed by atoms with Crippen molar-refractivity contribution < 1.29 is 9.18 Å². The van der Waals surface area contributed by atoms with Gasteiger partial charge >= 0.3 is 0 Å². The zero-order chi connectivity index (χ0) is 8.55. The summed E-state index contributed by atoms with van der Waals surface area (Å²) in [4.78, 5) is 14.2. The van der Waals surface area contributed by atoms with E-state index in [1.165, 1.54) is 12.3 Å². The van der Waals surface area contributed by atoms with E-state index in [-0.39, 0.29) is 5.69 Å². The van der Waals surface area contributed by atoms with Gasteiger partial charge in [-0.15, -0.1) is 0 Å². The summed E-state index contributed by atoms with van der Waals surface area (Å²) in [5.41, 5.74) is 0.667. The van der Waals surface area contributed by atoms with Gasteiger partial charge in [-0.2, -0.15) is 4.39 Å². The molecule has 0 radical (unpaired) electrons. The van der Waals surface area contributed by atoms with Crippen LogP contribution in [0.1, 0.15) is 10.5 Å². The quantitative estimate of drug-likeness (QED) is 0.470. The van der Waals surface area contributed by atoms with Crippen LogP contribution in [0.4, 0.5) is 4.39 Å². The van der Waals surface area contributed by atoms with E-state index in [0.29, 0.717) is 11.9 Å². The van der Waals surface area contributed by atoms with E-state index in [1.807, 2.05) is 0 Å². The number of nitrogens with zero attached hydrogens (tertiary/aromatic N) is 2. The molecule has 4 heteroatoms. The van der Waals surface area contributed by atoms with Crippen molar-refractivity contribution in [2.24, 2.45) is 0 Å². The van der Waals surface area contributed by atoms with Gasteiger partial charge in [0.05, 0.1) is 6.20 Å². The Morgan fingerprint density at radius 1 is 1.50 bits per heavy atom. The number of hydrogen-bond donors (Lipinski definition) is 0. The first-order chi connectivity index (χ1) is 5.83. The number of aldehydes is 1. The number of aromatic nitrogens is 2. The molecule has 0 saturated heterocycles. The molecule has 0 aliphatic rings. The van der Waals surface area contributed by atoms with Gasteiger partial charge in [-0.1, -0.05) is 6.07 Å². The third kappa shape index (κ3) is 0.812. The third-order valence-corrected chi connectivity index (χ3v) is 1.63. The lowest BCUT2D eigenvalue weighted by Gasteiger charge is -1.95. The Hall–Kier alpha value is -1.71. The molecule has 0 amide bonds. The highest BCUT2D eigenvalue weighted by Crippen LogP contribution is 2.07. The molecular formula is C8H5FN2O. The summed E-state index contributed by atoms with van der Waals surface area (Å²) in [5, 5.41) is 0. The maximum atomic E-state index is 13.0. The van der Waals surface area contributed by atoms with E-state index in [9.17, 15) is 9.18 Å². The van der Waals surface area contributed by atoms with Crippen LogP contribution in [0.3, 0.4) is 0 Å². The van der Waals surface area contributed by atoms with Gasteiger partial charge in [0.15, 0.2) is 12.2 Å². The Bertz CT molecular complexity index is 436. The smallest absolute Gasteiger partial charge is 0.199 e. The van der Waals surface area contributed by atoms with Crippen LogP contribution in [0.5, 0.6) is 0 Å². The molecule has 0 unspecified atom stereocenters. The van der Waals surface area contributed by atoms with E-state index in [2.05, 4.69) is 4.98 Å². The van der Waals surface area contributed by atoms with Crippen molar-refractivity contribution in [3.8, 4) is 0 Å². The first kappa shape index (κ1) is 6.97. The highest BCUT2D eigenvalue weighted by Gasteiger charge is 2.04. The Balaban J connectivity index is 2.91. The first-order valence-corrected chi connectivity index (χ1v) is 3.40. The van der Waals surface area contributed by atoms with E-state index < -0.39 is 5.95 Å². The summed E-state index contributed by atoms with van der Waals surface area (Å²) >= 11 is 0. The second kappa shape index (κ2) is 2.41. The van der Waals surface area contributed by atoms with Gasteiger partial charge in [0.2, 0.25) is 0 Å². The summed E-state index contributed by atoms with van der Waals surface area (Å²) < 4.78 is 14.2. The predicted octanol–water partition coefficient (Wildman–Crippen LogP) is 1.29. The van der Waals surface area contributed by atoms with Gasteiger partial charge in [-0.05, 0) is 12.1 Å². The molecule has 2 heterocycles. The molecular weight excluding hydrogens is 159 g/mol. The van der Waals surface area contributed by atoms with Crippen molar-refractivity contribution in [2.75, 3.05) is 0 Å². The lowest BCUT2D eigenvalue weighted by Crippen LogP contribution is -1.95. The zero-order valence-corrected chi connectivity index (χ0v) is 6.07. The van der Waals surface area contributed by atoms with Gasteiger partial charge in [0, 0.05) is 0 Å². The molecule has 3 nitrogen and oxygen atoms in total. The molecule has 0 saturated carbocycles. The van der Waals surface area contributed by atoms with E-state index in [0.717, 1.165) is 4.40 Å². The number of carbonyl (C=O) groups is 1. The molecule has 0 aliphatic heterocycles. The van der Waals surface area contributed by atoms with Gasteiger partial charge < -0.3 is 0 Å². The van der Waals surface area contributed by atoms with Crippen molar-refractivity contribution in [2.45, 2.75) is 0 Å². The van der Waals surface area contributed by atoms with Crippen LogP contribution in [0, 0.1) is 5.95 Å². The first-order valence-electron chi connectivity index (χ1n) is 3.40. The highest BCUT2D eigenvalue weighted by molar-refractivity contribution is 5.73. The SMILES string of the molecule is O=Cc1cnc2cccc(F)n12. The zero-order valence-electron chi connectivity index (χ0n) is 6.07. The highest BCUT2D eigenvalue weighted by atomic mass is 19.1. The molecule has 0 N–H and O–H groups in total. The minimum absolute atomic E-state index is 0.225.